The Morgan fingerprint density at radius 1 is 1.44 bits per heavy atom. The Morgan fingerprint density at radius 2 is 2.25 bits per heavy atom. The van der Waals surface area contributed by atoms with E-state index in [1.807, 2.05) is 0 Å². The van der Waals surface area contributed by atoms with E-state index in [9.17, 15) is 4.79 Å². The van der Waals surface area contributed by atoms with Gasteiger partial charge < -0.3 is 10.1 Å². The van der Waals surface area contributed by atoms with Crippen molar-refractivity contribution in [2.75, 3.05) is 19.7 Å². The molecule has 92 valence electrons. The number of nitrogens with one attached hydrogen (secondary N) is 2. The van der Waals surface area contributed by atoms with Crippen LogP contribution in [0.3, 0.4) is 0 Å². The van der Waals surface area contributed by atoms with Gasteiger partial charge in [-0.2, -0.15) is 0 Å². The molecule has 5 heteroatoms. The second kappa shape index (κ2) is 6.18. The molecule has 2 N–H and O–H groups in total. The van der Waals surface area contributed by atoms with Crippen molar-refractivity contribution in [1.82, 2.24) is 10.8 Å². The topological polar surface area (TPSA) is 59.6 Å². The standard InChI is InChI=1S/C11H20N2O3/c14-11(7-10-8-12-5-6-15-10)13-16-9-3-1-2-4-9/h9-10,12H,1-8H2,(H,13,14). The molecule has 0 aromatic carbocycles. The van der Waals surface area contributed by atoms with Crippen LogP contribution in [0.25, 0.3) is 0 Å². The van der Waals surface area contributed by atoms with Gasteiger partial charge in [-0.25, -0.2) is 5.48 Å². The fourth-order valence-electron chi connectivity index (χ4n) is 2.15. The first-order valence-corrected chi connectivity index (χ1v) is 6.11. The Hall–Kier alpha value is -0.650. The summed E-state index contributed by atoms with van der Waals surface area (Å²) in [5, 5.41) is 3.19. The zero-order valence-electron chi connectivity index (χ0n) is 9.54. The minimum Gasteiger partial charge on any atom is -0.375 e. The van der Waals surface area contributed by atoms with Crippen molar-refractivity contribution in [1.29, 1.82) is 0 Å². The number of hydrogen-bond acceptors (Lipinski definition) is 4. The number of hydrogen-bond donors (Lipinski definition) is 2. The number of hydroxylamine groups is 1. The number of carbonyl (C=O) groups is 1. The van der Waals surface area contributed by atoms with Crippen molar-refractivity contribution in [2.45, 2.75) is 44.3 Å². The molecule has 0 aromatic rings. The highest BCUT2D eigenvalue weighted by molar-refractivity contribution is 5.75. The molecule has 0 bridgehead atoms. The maximum atomic E-state index is 11.5. The monoisotopic (exact) mass is 228 g/mol. The minimum atomic E-state index is -0.0828. The van der Waals surface area contributed by atoms with Crippen LogP contribution in [0, 0.1) is 0 Å². The molecule has 0 radical (unpaired) electrons. The average Bonchev–Trinajstić information content (AvgIpc) is 2.81. The number of amides is 1. The molecular weight excluding hydrogens is 208 g/mol. The number of rotatable bonds is 4. The van der Waals surface area contributed by atoms with E-state index in [4.69, 9.17) is 9.57 Å². The van der Waals surface area contributed by atoms with E-state index in [0.29, 0.717) is 13.0 Å². The summed E-state index contributed by atoms with van der Waals surface area (Å²) < 4.78 is 5.44. The van der Waals surface area contributed by atoms with Gasteiger partial charge in [0, 0.05) is 13.1 Å². The largest absolute Gasteiger partial charge is 0.375 e. The van der Waals surface area contributed by atoms with Crippen molar-refractivity contribution >= 4 is 5.91 Å². The Morgan fingerprint density at radius 3 is 2.94 bits per heavy atom. The highest BCUT2D eigenvalue weighted by atomic mass is 16.7. The van der Waals surface area contributed by atoms with Crippen LogP contribution in [0.1, 0.15) is 32.1 Å². The molecule has 2 fully saturated rings. The minimum absolute atomic E-state index is 0.0130. The summed E-state index contributed by atoms with van der Waals surface area (Å²) >= 11 is 0. The molecule has 1 saturated heterocycles. The molecule has 5 nitrogen and oxygen atoms in total. The predicted molar refractivity (Wildman–Crippen MR) is 58.7 cm³/mol. The summed E-state index contributed by atoms with van der Waals surface area (Å²) in [4.78, 5) is 16.9. The maximum absolute atomic E-state index is 11.5. The fraction of sp³-hybridized carbons (Fsp3) is 0.909. The summed E-state index contributed by atoms with van der Waals surface area (Å²) in [6, 6.07) is 0. The maximum Gasteiger partial charge on any atom is 0.246 e. The zero-order valence-corrected chi connectivity index (χ0v) is 9.54. The molecule has 1 aliphatic heterocycles. The Kier molecular flexibility index (Phi) is 4.56. The van der Waals surface area contributed by atoms with E-state index in [2.05, 4.69) is 10.8 Å². The molecule has 1 aliphatic carbocycles. The van der Waals surface area contributed by atoms with Crippen LogP contribution in [0.4, 0.5) is 0 Å². The van der Waals surface area contributed by atoms with E-state index in [-0.39, 0.29) is 18.1 Å². The number of ether oxygens (including phenoxy) is 1. The average molecular weight is 228 g/mol. The summed E-state index contributed by atoms with van der Waals surface area (Å²) in [5.41, 5.74) is 2.53. The van der Waals surface area contributed by atoms with Crippen molar-refractivity contribution in [3.8, 4) is 0 Å². The van der Waals surface area contributed by atoms with Crippen LogP contribution < -0.4 is 10.8 Å². The van der Waals surface area contributed by atoms with Crippen molar-refractivity contribution < 1.29 is 14.4 Å². The van der Waals surface area contributed by atoms with Gasteiger partial charge >= 0.3 is 0 Å². The normalized spacial score (nSPS) is 26.9. The van der Waals surface area contributed by atoms with Crippen molar-refractivity contribution in [3.05, 3.63) is 0 Å². The summed E-state index contributed by atoms with van der Waals surface area (Å²) in [5.74, 6) is -0.0828. The lowest BCUT2D eigenvalue weighted by molar-refractivity contribution is -0.141. The van der Waals surface area contributed by atoms with E-state index >= 15 is 0 Å². The molecule has 1 unspecified atom stereocenters. The SMILES string of the molecule is O=C(CC1CNCCO1)NOC1CCCC1. The first-order chi connectivity index (χ1) is 7.84. The van der Waals surface area contributed by atoms with Crippen LogP contribution in [-0.4, -0.2) is 37.8 Å². The van der Waals surface area contributed by atoms with Gasteiger partial charge in [0.2, 0.25) is 5.91 Å². The van der Waals surface area contributed by atoms with Crippen LogP contribution in [-0.2, 0) is 14.4 Å². The molecule has 2 aliphatic rings. The van der Waals surface area contributed by atoms with Gasteiger partial charge in [0.25, 0.3) is 0 Å². The molecule has 2 rings (SSSR count). The number of morpholine rings is 1. The van der Waals surface area contributed by atoms with E-state index in [0.717, 1.165) is 25.9 Å². The first kappa shape index (κ1) is 11.8. The van der Waals surface area contributed by atoms with E-state index in [1.165, 1.54) is 12.8 Å². The highest BCUT2D eigenvalue weighted by Crippen LogP contribution is 2.19. The van der Waals surface area contributed by atoms with Gasteiger partial charge in [-0.05, 0) is 12.8 Å². The molecule has 1 atom stereocenters. The molecule has 1 heterocycles. The third kappa shape index (κ3) is 3.73. The molecule has 1 amide bonds. The first-order valence-electron chi connectivity index (χ1n) is 6.11. The number of carbonyl (C=O) groups excluding carboxylic acids is 1. The smallest absolute Gasteiger partial charge is 0.246 e. The molecule has 0 aromatic heterocycles. The highest BCUT2D eigenvalue weighted by Gasteiger charge is 2.20. The quantitative estimate of drug-likeness (QED) is 0.682. The molecule has 1 saturated carbocycles. The molecule has 0 spiro atoms. The second-order valence-electron chi connectivity index (χ2n) is 4.45. The lowest BCUT2D eigenvalue weighted by atomic mass is 10.2. The molecular formula is C11H20N2O3. The summed E-state index contributed by atoms with van der Waals surface area (Å²) in [6.07, 6.45) is 5.10. The van der Waals surface area contributed by atoms with Crippen molar-refractivity contribution in [3.63, 3.8) is 0 Å². The third-order valence-electron chi connectivity index (χ3n) is 3.06. The van der Waals surface area contributed by atoms with Gasteiger partial charge in [-0.1, -0.05) is 12.8 Å². The lowest BCUT2D eigenvalue weighted by Crippen LogP contribution is -2.41. The zero-order chi connectivity index (χ0) is 11.2. The predicted octanol–water partition coefficient (Wildman–Crippen LogP) is 0.355. The molecule has 16 heavy (non-hydrogen) atoms. The van der Waals surface area contributed by atoms with Crippen LogP contribution in [0.2, 0.25) is 0 Å². The van der Waals surface area contributed by atoms with Gasteiger partial charge in [-0.3, -0.25) is 9.63 Å². The van der Waals surface area contributed by atoms with E-state index in [1.54, 1.807) is 0 Å². The Bertz CT molecular complexity index is 223. The van der Waals surface area contributed by atoms with Gasteiger partial charge in [0.05, 0.1) is 25.2 Å². The van der Waals surface area contributed by atoms with E-state index < -0.39 is 0 Å². The lowest BCUT2D eigenvalue weighted by Gasteiger charge is -2.23. The van der Waals surface area contributed by atoms with Crippen LogP contribution >= 0.6 is 0 Å². The van der Waals surface area contributed by atoms with Crippen LogP contribution in [0.15, 0.2) is 0 Å². The van der Waals surface area contributed by atoms with Gasteiger partial charge in [0.1, 0.15) is 0 Å². The van der Waals surface area contributed by atoms with Gasteiger partial charge in [0.15, 0.2) is 0 Å². The van der Waals surface area contributed by atoms with Crippen LogP contribution in [0.5, 0.6) is 0 Å². The second-order valence-corrected chi connectivity index (χ2v) is 4.45. The summed E-state index contributed by atoms with van der Waals surface area (Å²) in [6.45, 7) is 2.30. The summed E-state index contributed by atoms with van der Waals surface area (Å²) in [7, 11) is 0. The Balaban J connectivity index is 1.59. The third-order valence-corrected chi connectivity index (χ3v) is 3.06. The van der Waals surface area contributed by atoms with Crippen molar-refractivity contribution in [2.24, 2.45) is 0 Å². The fourth-order valence-corrected chi connectivity index (χ4v) is 2.15. The van der Waals surface area contributed by atoms with Gasteiger partial charge in [-0.15, -0.1) is 0 Å². The Labute approximate surface area is 95.8 Å².